The van der Waals surface area contributed by atoms with E-state index in [2.05, 4.69) is 119 Å². The fraction of sp³-hybridized carbons (Fsp3) is 0.385. The van der Waals surface area contributed by atoms with Gasteiger partial charge in [0.15, 0.2) is 0 Å². The molecule has 0 radical (unpaired) electrons. The lowest BCUT2D eigenvalue weighted by atomic mass is 9.59. The van der Waals surface area contributed by atoms with Gasteiger partial charge in [0.1, 0.15) is 0 Å². The summed E-state index contributed by atoms with van der Waals surface area (Å²) >= 11 is 15.5. The molecule has 4 heteroatoms. The maximum atomic E-state index is 3.96. The molecule has 0 saturated heterocycles. The molecular weight excluding hydrogens is 632 g/mol. The molecule has 6 rings (SSSR count). The van der Waals surface area contributed by atoms with Crippen molar-refractivity contribution in [3.8, 4) is 0 Å². The molecule has 6 atom stereocenters. The Morgan fingerprint density at radius 1 is 1.00 bits per heavy atom. The van der Waals surface area contributed by atoms with Crippen LogP contribution in [0.1, 0.15) is 43.2 Å². The van der Waals surface area contributed by atoms with E-state index in [0.29, 0.717) is 29.6 Å². The van der Waals surface area contributed by atoms with Crippen LogP contribution >= 0.6 is 63.7 Å². The third-order valence-electron chi connectivity index (χ3n) is 8.08. The van der Waals surface area contributed by atoms with E-state index < -0.39 is 0 Å². The van der Waals surface area contributed by atoms with Crippen molar-refractivity contribution >= 4 is 63.7 Å². The monoisotopic (exact) mass is 650 g/mol. The number of rotatable bonds is 0. The van der Waals surface area contributed by atoms with Gasteiger partial charge in [0.25, 0.3) is 0 Å². The molecule has 1 aromatic rings. The molecule has 5 aliphatic rings. The molecule has 0 fully saturated rings. The summed E-state index contributed by atoms with van der Waals surface area (Å²) in [6, 6.07) is 7.01. The second-order valence-corrected chi connectivity index (χ2v) is 13.2. The van der Waals surface area contributed by atoms with Crippen molar-refractivity contribution in [3.05, 3.63) is 88.8 Å². The van der Waals surface area contributed by atoms with Crippen molar-refractivity contribution < 1.29 is 0 Å². The molecule has 0 aromatic heterocycles. The summed E-state index contributed by atoms with van der Waals surface area (Å²) in [5.74, 6) is 2.59. The average Bonchev–Trinajstić information content (AvgIpc) is 3.13. The zero-order chi connectivity index (χ0) is 20.8. The van der Waals surface area contributed by atoms with Crippen molar-refractivity contribution in [2.24, 2.45) is 23.7 Å². The van der Waals surface area contributed by atoms with Gasteiger partial charge in [-0.05, 0) is 80.9 Å². The predicted octanol–water partition coefficient (Wildman–Crippen LogP) is 9.18. The van der Waals surface area contributed by atoms with Crippen LogP contribution in [0.5, 0.6) is 0 Å². The molecule has 30 heavy (non-hydrogen) atoms. The molecule has 0 bridgehead atoms. The molecule has 1 aromatic carbocycles. The van der Waals surface area contributed by atoms with Gasteiger partial charge in [-0.2, -0.15) is 0 Å². The van der Waals surface area contributed by atoms with Crippen LogP contribution in [-0.4, -0.2) is 0 Å². The Balaban J connectivity index is 1.71. The Morgan fingerprint density at radius 3 is 2.67 bits per heavy atom. The van der Waals surface area contributed by atoms with Gasteiger partial charge < -0.3 is 0 Å². The smallest absolute Gasteiger partial charge is 0.0346 e. The quantitative estimate of drug-likeness (QED) is 0.262. The van der Waals surface area contributed by atoms with Gasteiger partial charge in [-0.1, -0.05) is 107 Å². The third kappa shape index (κ3) is 2.66. The molecule has 5 aliphatic carbocycles. The van der Waals surface area contributed by atoms with Crippen molar-refractivity contribution in [3.63, 3.8) is 0 Å². The normalized spacial score (nSPS) is 38.6. The largest absolute Gasteiger partial charge is 0.0753 e. The van der Waals surface area contributed by atoms with Crippen molar-refractivity contribution in [1.82, 2.24) is 0 Å². The van der Waals surface area contributed by atoms with Gasteiger partial charge in [0, 0.05) is 26.2 Å². The van der Waals surface area contributed by atoms with Gasteiger partial charge in [-0.3, -0.25) is 0 Å². The lowest BCUT2D eigenvalue weighted by Crippen LogP contribution is -2.41. The van der Waals surface area contributed by atoms with Crippen LogP contribution in [0.15, 0.2) is 77.6 Å². The van der Waals surface area contributed by atoms with Gasteiger partial charge >= 0.3 is 0 Å². The lowest BCUT2D eigenvalue weighted by Gasteiger charge is -2.44. The van der Waals surface area contributed by atoms with Crippen LogP contribution in [-0.2, 0) is 5.41 Å². The second-order valence-electron chi connectivity index (χ2n) is 9.41. The summed E-state index contributed by atoms with van der Waals surface area (Å²) in [6.45, 7) is 2.37. The van der Waals surface area contributed by atoms with Gasteiger partial charge in [0.2, 0.25) is 0 Å². The Kier molecular flexibility index (Phi) is 4.89. The fourth-order valence-electron chi connectivity index (χ4n) is 7.00. The van der Waals surface area contributed by atoms with Crippen molar-refractivity contribution in [2.45, 2.75) is 37.5 Å². The molecular formula is C26H22Br4. The second kappa shape index (κ2) is 7.17. The minimum atomic E-state index is -0.00778. The van der Waals surface area contributed by atoms with Crippen LogP contribution in [0.2, 0.25) is 0 Å². The van der Waals surface area contributed by atoms with Crippen LogP contribution in [0.25, 0.3) is 0 Å². The zero-order valence-electron chi connectivity index (χ0n) is 16.6. The average molecular weight is 654 g/mol. The molecule has 154 valence electrons. The summed E-state index contributed by atoms with van der Waals surface area (Å²) in [7, 11) is 0. The molecule has 0 amide bonds. The van der Waals surface area contributed by atoms with E-state index in [0.717, 1.165) is 6.42 Å². The number of halogens is 4. The first-order valence-corrected chi connectivity index (χ1v) is 13.9. The number of hydrogen-bond acceptors (Lipinski definition) is 0. The SMILES string of the molecule is CC1C[C@@H]2C3=C(C=C(Br)CC3)C3(c4cc(Br)ccc4C4C=CC(Br)=CC43)C2C=C1Br. The van der Waals surface area contributed by atoms with Gasteiger partial charge in [-0.25, -0.2) is 0 Å². The van der Waals surface area contributed by atoms with Crippen LogP contribution in [0.3, 0.4) is 0 Å². The highest BCUT2D eigenvalue weighted by atomic mass is 79.9. The van der Waals surface area contributed by atoms with E-state index in [1.54, 1.807) is 11.1 Å². The third-order valence-corrected chi connectivity index (χ3v) is 10.8. The summed E-state index contributed by atoms with van der Waals surface area (Å²) in [4.78, 5) is 0. The van der Waals surface area contributed by atoms with Crippen LogP contribution < -0.4 is 0 Å². The van der Waals surface area contributed by atoms with Gasteiger partial charge in [0.05, 0.1) is 0 Å². The van der Waals surface area contributed by atoms with Crippen molar-refractivity contribution in [1.29, 1.82) is 0 Å². The molecule has 5 unspecified atom stereocenters. The predicted molar refractivity (Wildman–Crippen MR) is 139 cm³/mol. The number of hydrogen-bond donors (Lipinski definition) is 0. The van der Waals surface area contributed by atoms with E-state index >= 15 is 0 Å². The molecule has 0 heterocycles. The summed E-state index contributed by atoms with van der Waals surface area (Å²) in [5, 5.41) is 0. The molecule has 1 spiro atoms. The van der Waals surface area contributed by atoms with E-state index in [-0.39, 0.29) is 5.41 Å². The minimum absolute atomic E-state index is 0.00778. The van der Waals surface area contributed by atoms with Crippen LogP contribution in [0, 0.1) is 23.7 Å². The lowest BCUT2D eigenvalue weighted by molar-refractivity contribution is 0.246. The maximum absolute atomic E-state index is 3.96. The maximum Gasteiger partial charge on any atom is 0.0346 e. The molecule has 0 saturated carbocycles. The van der Waals surface area contributed by atoms with E-state index in [1.807, 2.05) is 0 Å². The first-order chi connectivity index (χ1) is 14.4. The molecule has 0 N–H and O–H groups in total. The molecule has 0 aliphatic heterocycles. The highest BCUT2D eigenvalue weighted by molar-refractivity contribution is 9.12. The highest BCUT2D eigenvalue weighted by Gasteiger charge is 2.63. The van der Waals surface area contributed by atoms with Crippen molar-refractivity contribution in [2.75, 3.05) is 0 Å². The highest BCUT2D eigenvalue weighted by Crippen LogP contribution is 2.70. The minimum Gasteiger partial charge on any atom is -0.0753 e. The Hall–Kier alpha value is -0.160. The van der Waals surface area contributed by atoms with Gasteiger partial charge in [-0.15, -0.1) is 0 Å². The van der Waals surface area contributed by atoms with E-state index in [1.165, 1.54) is 41.9 Å². The standard InChI is InChI=1S/C26H22Br4/c1-13-8-20-19-7-4-16(29)11-23(19)26(24(20)12-25(13)30)21-9-14(27)2-5-17(21)18-6-3-15(28)10-22(18)26/h2-3,5-6,9-13,17,20-21,24H,4,7-8H2,1H3/t13?,17?,20-,21?,24?,26?/m1/s1. The summed E-state index contributed by atoms with van der Waals surface area (Å²) in [5.41, 5.74) is 6.34. The zero-order valence-corrected chi connectivity index (χ0v) is 23.0. The van der Waals surface area contributed by atoms with E-state index in [9.17, 15) is 0 Å². The topological polar surface area (TPSA) is 0 Å². The first kappa shape index (κ1) is 20.4. The fourth-order valence-corrected chi connectivity index (χ4v) is 8.70. The number of allylic oxidation sites excluding steroid dienone is 10. The first-order valence-electron chi connectivity index (χ1n) is 10.7. The summed E-state index contributed by atoms with van der Waals surface area (Å²) < 4.78 is 5.14. The Morgan fingerprint density at radius 2 is 1.83 bits per heavy atom. The summed E-state index contributed by atoms with van der Waals surface area (Å²) in [6.07, 6.45) is 15.8. The van der Waals surface area contributed by atoms with E-state index in [4.69, 9.17) is 0 Å². The Bertz CT molecular complexity index is 1120. The Labute approximate surface area is 212 Å². The number of fused-ring (bicyclic) bond motifs is 9. The number of benzene rings is 1. The van der Waals surface area contributed by atoms with Crippen LogP contribution in [0.4, 0.5) is 0 Å². The molecule has 0 nitrogen and oxygen atoms in total.